The number of H-pyrrole nitrogens is 1. The highest BCUT2D eigenvalue weighted by Crippen LogP contribution is 2.17. The molecule has 0 amide bonds. The van der Waals surface area contributed by atoms with E-state index in [0.29, 0.717) is 6.54 Å². The predicted octanol–water partition coefficient (Wildman–Crippen LogP) is 1.51. The Balaban J connectivity index is 1.91. The summed E-state index contributed by atoms with van der Waals surface area (Å²) in [4.78, 5) is 7.37. The number of nitrogens with one attached hydrogen (secondary N) is 3. The Kier molecular flexibility index (Phi) is 4.46. The van der Waals surface area contributed by atoms with Crippen LogP contribution in [0.25, 0.3) is 10.9 Å². The Labute approximate surface area is 113 Å². The van der Waals surface area contributed by atoms with E-state index >= 15 is 0 Å². The maximum absolute atomic E-state index is 5.20. The molecule has 19 heavy (non-hydrogen) atoms. The second kappa shape index (κ2) is 6.50. The van der Waals surface area contributed by atoms with Crippen LogP contribution in [0.15, 0.2) is 35.5 Å². The predicted molar refractivity (Wildman–Crippen MR) is 80.2 cm³/mol. The zero-order valence-electron chi connectivity index (χ0n) is 11.0. The van der Waals surface area contributed by atoms with Gasteiger partial charge in [0, 0.05) is 30.7 Å². The number of aromatic nitrogens is 1. The molecule has 1 aromatic heterocycles. The molecular weight excluding hydrogens is 236 g/mol. The number of para-hydroxylation sites is 1. The number of nitrogens with zero attached hydrogens (tertiary/aromatic N) is 1. The zero-order valence-corrected chi connectivity index (χ0v) is 11.0. The first-order valence-corrected chi connectivity index (χ1v) is 6.28. The lowest BCUT2D eigenvalue weighted by Crippen LogP contribution is -2.38. The molecule has 98 valence electrons. The molecule has 0 radical (unpaired) electrons. The van der Waals surface area contributed by atoms with Gasteiger partial charge in [-0.1, -0.05) is 24.1 Å². The lowest BCUT2D eigenvalue weighted by molar-refractivity contribution is 0.827. The number of hydrogen-bond acceptors (Lipinski definition) is 1. The summed E-state index contributed by atoms with van der Waals surface area (Å²) in [5.41, 5.74) is 2.47. The van der Waals surface area contributed by atoms with Crippen LogP contribution in [-0.4, -0.2) is 31.1 Å². The minimum Gasteiger partial charge on any atom is -0.361 e. The van der Waals surface area contributed by atoms with E-state index in [1.54, 1.807) is 7.05 Å². The van der Waals surface area contributed by atoms with Crippen molar-refractivity contribution in [2.45, 2.75) is 6.42 Å². The van der Waals surface area contributed by atoms with Crippen molar-refractivity contribution in [3.8, 4) is 12.3 Å². The molecule has 4 heteroatoms. The summed E-state index contributed by atoms with van der Waals surface area (Å²) >= 11 is 0. The van der Waals surface area contributed by atoms with Gasteiger partial charge < -0.3 is 15.6 Å². The summed E-state index contributed by atoms with van der Waals surface area (Å²) in [6.45, 7) is 1.29. The largest absolute Gasteiger partial charge is 0.361 e. The highest BCUT2D eigenvalue weighted by Gasteiger charge is 2.02. The summed E-state index contributed by atoms with van der Waals surface area (Å²) in [6, 6.07) is 8.30. The van der Waals surface area contributed by atoms with Gasteiger partial charge in [0.2, 0.25) is 0 Å². The Morgan fingerprint density at radius 3 is 3.00 bits per heavy atom. The fraction of sp³-hybridized carbons (Fsp3) is 0.267. The van der Waals surface area contributed by atoms with Crippen LogP contribution >= 0.6 is 0 Å². The first kappa shape index (κ1) is 13.0. The first-order valence-electron chi connectivity index (χ1n) is 6.28. The van der Waals surface area contributed by atoms with Crippen molar-refractivity contribution in [1.29, 1.82) is 0 Å². The lowest BCUT2D eigenvalue weighted by atomic mass is 10.1. The summed E-state index contributed by atoms with van der Waals surface area (Å²) in [5, 5.41) is 7.54. The molecule has 0 bridgehead atoms. The molecule has 0 saturated heterocycles. The summed E-state index contributed by atoms with van der Waals surface area (Å²) in [6.07, 6.45) is 8.19. The fourth-order valence-corrected chi connectivity index (χ4v) is 2.01. The van der Waals surface area contributed by atoms with Crippen LogP contribution in [0.1, 0.15) is 5.56 Å². The third kappa shape index (κ3) is 3.29. The van der Waals surface area contributed by atoms with Crippen molar-refractivity contribution in [3.63, 3.8) is 0 Å². The van der Waals surface area contributed by atoms with E-state index in [9.17, 15) is 0 Å². The zero-order chi connectivity index (χ0) is 13.5. The maximum atomic E-state index is 5.20. The molecule has 3 N–H and O–H groups in total. The van der Waals surface area contributed by atoms with E-state index in [4.69, 9.17) is 6.42 Å². The van der Waals surface area contributed by atoms with Crippen LogP contribution < -0.4 is 10.6 Å². The van der Waals surface area contributed by atoms with E-state index in [0.717, 1.165) is 18.9 Å². The van der Waals surface area contributed by atoms with E-state index in [-0.39, 0.29) is 0 Å². The molecule has 1 heterocycles. The van der Waals surface area contributed by atoms with Crippen LogP contribution in [0.5, 0.6) is 0 Å². The number of benzene rings is 1. The molecule has 0 aliphatic rings. The van der Waals surface area contributed by atoms with Gasteiger partial charge in [0.25, 0.3) is 0 Å². The van der Waals surface area contributed by atoms with Gasteiger partial charge >= 0.3 is 0 Å². The molecule has 2 rings (SSSR count). The van der Waals surface area contributed by atoms with Crippen LogP contribution in [0.2, 0.25) is 0 Å². The average molecular weight is 254 g/mol. The highest BCUT2D eigenvalue weighted by molar-refractivity contribution is 5.83. The van der Waals surface area contributed by atoms with Crippen molar-refractivity contribution in [2.24, 2.45) is 4.99 Å². The van der Waals surface area contributed by atoms with Crippen molar-refractivity contribution in [2.75, 3.05) is 20.1 Å². The molecule has 0 atom stereocenters. The number of hydrogen-bond donors (Lipinski definition) is 3. The molecule has 1 aromatic carbocycles. The standard InChI is InChI=1S/C15H18N4/c1-3-9-17-15(16-2)18-10-8-12-11-19-14-7-5-4-6-13(12)14/h1,4-7,11,19H,8-10H2,2H3,(H2,16,17,18). The topological polar surface area (TPSA) is 52.2 Å². The quantitative estimate of drug-likeness (QED) is 0.440. The molecule has 0 saturated carbocycles. The van der Waals surface area contributed by atoms with Gasteiger partial charge in [0.1, 0.15) is 0 Å². The molecule has 0 aliphatic heterocycles. The van der Waals surface area contributed by atoms with Gasteiger partial charge in [-0.25, -0.2) is 0 Å². The molecule has 0 spiro atoms. The van der Waals surface area contributed by atoms with Crippen molar-refractivity contribution < 1.29 is 0 Å². The minimum absolute atomic E-state index is 0.479. The minimum atomic E-state index is 0.479. The van der Waals surface area contributed by atoms with Gasteiger partial charge in [-0.3, -0.25) is 4.99 Å². The van der Waals surface area contributed by atoms with Crippen molar-refractivity contribution >= 4 is 16.9 Å². The van der Waals surface area contributed by atoms with E-state index in [1.807, 2.05) is 6.07 Å². The highest BCUT2D eigenvalue weighted by atomic mass is 15.2. The van der Waals surface area contributed by atoms with Crippen LogP contribution in [0.4, 0.5) is 0 Å². The normalized spacial score (nSPS) is 11.3. The molecule has 0 unspecified atom stereocenters. The number of rotatable bonds is 4. The molecule has 0 fully saturated rings. The smallest absolute Gasteiger partial charge is 0.191 e. The number of terminal acetylenes is 1. The maximum Gasteiger partial charge on any atom is 0.191 e. The second-order valence-electron chi connectivity index (χ2n) is 4.17. The van der Waals surface area contributed by atoms with E-state index in [1.165, 1.54) is 16.5 Å². The van der Waals surface area contributed by atoms with E-state index in [2.05, 4.69) is 50.9 Å². The van der Waals surface area contributed by atoms with Crippen molar-refractivity contribution in [3.05, 3.63) is 36.0 Å². The van der Waals surface area contributed by atoms with Crippen molar-refractivity contribution in [1.82, 2.24) is 15.6 Å². The fourth-order valence-electron chi connectivity index (χ4n) is 2.01. The molecule has 2 aromatic rings. The summed E-state index contributed by atoms with van der Waals surface area (Å²) in [7, 11) is 1.73. The molecule has 4 nitrogen and oxygen atoms in total. The number of guanidine groups is 1. The van der Waals surface area contributed by atoms with Gasteiger partial charge in [-0.15, -0.1) is 6.42 Å². The Bertz CT molecular complexity index is 604. The number of fused-ring (bicyclic) bond motifs is 1. The third-order valence-corrected chi connectivity index (χ3v) is 2.94. The van der Waals surface area contributed by atoms with Gasteiger partial charge in [-0.2, -0.15) is 0 Å². The summed E-state index contributed by atoms with van der Waals surface area (Å²) in [5.74, 6) is 3.26. The van der Waals surface area contributed by atoms with Gasteiger partial charge in [0.05, 0.1) is 6.54 Å². The number of aliphatic imine (C=N–C) groups is 1. The SMILES string of the molecule is C#CCNC(=NC)NCCc1c[nH]c2ccccc12. The van der Waals surface area contributed by atoms with Crippen LogP contribution in [0.3, 0.4) is 0 Å². The molecule has 0 aliphatic carbocycles. The first-order chi connectivity index (χ1) is 9.35. The van der Waals surface area contributed by atoms with Crippen LogP contribution in [0, 0.1) is 12.3 Å². The Hall–Kier alpha value is -2.41. The second-order valence-corrected chi connectivity index (χ2v) is 4.17. The van der Waals surface area contributed by atoms with Gasteiger partial charge in [-0.05, 0) is 18.1 Å². The van der Waals surface area contributed by atoms with Crippen LogP contribution in [-0.2, 0) is 6.42 Å². The number of aromatic amines is 1. The third-order valence-electron chi connectivity index (χ3n) is 2.94. The Morgan fingerprint density at radius 2 is 2.21 bits per heavy atom. The Morgan fingerprint density at radius 1 is 1.37 bits per heavy atom. The van der Waals surface area contributed by atoms with E-state index < -0.39 is 0 Å². The lowest BCUT2D eigenvalue weighted by Gasteiger charge is -2.09. The summed E-state index contributed by atoms with van der Waals surface area (Å²) < 4.78 is 0. The van der Waals surface area contributed by atoms with Gasteiger partial charge in [0.15, 0.2) is 5.96 Å². The monoisotopic (exact) mass is 254 g/mol. The molecular formula is C15H18N4. The average Bonchev–Trinajstić information content (AvgIpc) is 2.86.